The van der Waals surface area contributed by atoms with Gasteiger partial charge in [-0.25, -0.2) is 0 Å². The number of aromatic nitrogens is 4. The van der Waals surface area contributed by atoms with Crippen molar-refractivity contribution in [1.29, 1.82) is 0 Å². The molecule has 2 rings (SSSR count). The number of nitrogens with zero attached hydrogens (tertiary/aromatic N) is 5. The van der Waals surface area contributed by atoms with Gasteiger partial charge in [0.1, 0.15) is 5.82 Å². The summed E-state index contributed by atoms with van der Waals surface area (Å²) >= 11 is 0. The Morgan fingerprint density at radius 3 is 2.43 bits per heavy atom. The lowest BCUT2D eigenvalue weighted by Gasteiger charge is -2.27. The predicted octanol–water partition coefficient (Wildman–Crippen LogP) is 3.01. The summed E-state index contributed by atoms with van der Waals surface area (Å²) in [6, 6.07) is 3.31. The van der Waals surface area contributed by atoms with E-state index in [2.05, 4.69) is 29.1 Å². The molecule has 116 valence electrons. The van der Waals surface area contributed by atoms with E-state index in [0.29, 0.717) is 11.7 Å². The van der Waals surface area contributed by atoms with Gasteiger partial charge in [0.25, 0.3) is 5.82 Å². The number of alkyl halides is 3. The molecular formula is C13H18F3N5. The molecule has 2 heterocycles. The maximum absolute atomic E-state index is 12.8. The molecule has 0 amide bonds. The van der Waals surface area contributed by atoms with E-state index in [0.717, 1.165) is 10.9 Å². The summed E-state index contributed by atoms with van der Waals surface area (Å²) in [6.45, 7) is 6.22. The second kappa shape index (κ2) is 5.50. The highest BCUT2D eigenvalue weighted by Gasteiger charge is 2.37. The van der Waals surface area contributed by atoms with E-state index in [1.165, 1.54) is 6.07 Å². The van der Waals surface area contributed by atoms with E-state index in [4.69, 9.17) is 0 Å². The quantitative estimate of drug-likeness (QED) is 0.871. The Hall–Kier alpha value is -1.86. The molecule has 2 aromatic rings. The van der Waals surface area contributed by atoms with Gasteiger partial charge in [-0.1, -0.05) is 13.8 Å². The predicted molar refractivity (Wildman–Crippen MR) is 73.1 cm³/mol. The standard InChI is InChI=1S/C13H18F3N5/c1-8(2)7-9(3)20(4)11-6-5-10-17-18-12(13(14,15)16)21(10)19-11/h5-6,8-9H,7H2,1-4H3/t9-/m0/s1. The van der Waals surface area contributed by atoms with Crippen molar-refractivity contribution in [1.82, 2.24) is 19.8 Å². The van der Waals surface area contributed by atoms with Gasteiger partial charge in [-0.2, -0.15) is 17.7 Å². The van der Waals surface area contributed by atoms with Gasteiger partial charge in [0.05, 0.1) is 0 Å². The Morgan fingerprint density at radius 2 is 1.86 bits per heavy atom. The van der Waals surface area contributed by atoms with E-state index >= 15 is 0 Å². The lowest BCUT2D eigenvalue weighted by molar-refractivity contribution is -0.146. The molecule has 0 unspecified atom stereocenters. The number of fused-ring (bicyclic) bond motifs is 1. The fourth-order valence-corrected chi connectivity index (χ4v) is 2.21. The molecule has 0 spiro atoms. The van der Waals surface area contributed by atoms with Gasteiger partial charge in [0, 0.05) is 13.1 Å². The van der Waals surface area contributed by atoms with Crippen LogP contribution in [-0.4, -0.2) is 32.9 Å². The first kappa shape index (κ1) is 15.5. The fourth-order valence-electron chi connectivity index (χ4n) is 2.21. The van der Waals surface area contributed by atoms with Crippen molar-refractivity contribution in [2.24, 2.45) is 5.92 Å². The van der Waals surface area contributed by atoms with Crippen LogP contribution < -0.4 is 4.90 Å². The Labute approximate surface area is 120 Å². The molecular weight excluding hydrogens is 283 g/mol. The van der Waals surface area contributed by atoms with Crippen molar-refractivity contribution < 1.29 is 13.2 Å². The molecule has 2 aromatic heterocycles. The van der Waals surface area contributed by atoms with Crippen LogP contribution in [0.15, 0.2) is 12.1 Å². The minimum Gasteiger partial charge on any atom is -0.356 e. The first-order valence-electron chi connectivity index (χ1n) is 6.72. The molecule has 0 aliphatic carbocycles. The molecule has 0 fully saturated rings. The number of halogens is 3. The Morgan fingerprint density at radius 1 is 1.19 bits per heavy atom. The molecule has 8 heteroatoms. The normalized spacial score (nSPS) is 13.9. The zero-order chi connectivity index (χ0) is 15.8. The van der Waals surface area contributed by atoms with Gasteiger partial charge >= 0.3 is 6.18 Å². The van der Waals surface area contributed by atoms with Crippen LogP contribution in [0.4, 0.5) is 19.0 Å². The molecule has 0 radical (unpaired) electrons. The van der Waals surface area contributed by atoms with Crippen molar-refractivity contribution in [3.63, 3.8) is 0 Å². The maximum Gasteiger partial charge on any atom is 0.453 e. The van der Waals surface area contributed by atoms with Gasteiger partial charge in [-0.15, -0.1) is 15.3 Å². The van der Waals surface area contributed by atoms with Crippen molar-refractivity contribution in [3.8, 4) is 0 Å². The van der Waals surface area contributed by atoms with Crippen molar-refractivity contribution in [2.75, 3.05) is 11.9 Å². The summed E-state index contributed by atoms with van der Waals surface area (Å²) in [5.74, 6) is -0.156. The second-order valence-electron chi connectivity index (χ2n) is 5.57. The average Bonchev–Trinajstić information content (AvgIpc) is 2.79. The molecule has 0 aromatic carbocycles. The second-order valence-corrected chi connectivity index (χ2v) is 5.57. The summed E-state index contributed by atoms with van der Waals surface area (Å²) in [5.41, 5.74) is 0.0796. The van der Waals surface area contributed by atoms with Gasteiger partial charge in [0.2, 0.25) is 0 Å². The summed E-state index contributed by atoms with van der Waals surface area (Å²) in [5, 5.41) is 10.7. The minimum atomic E-state index is -4.58. The average molecular weight is 301 g/mol. The zero-order valence-corrected chi connectivity index (χ0v) is 12.4. The van der Waals surface area contributed by atoms with Gasteiger partial charge < -0.3 is 4.90 Å². The van der Waals surface area contributed by atoms with Crippen LogP contribution in [0.1, 0.15) is 33.0 Å². The van der Waals surface area contributed by atoms with Crippen LogP contribution in [0.2, 0.25) is 0 Å². The topological polar surface area (TPSA) is 46.3 Å². The van der Waals surface area contributed by atoms with Gasteiger partial charge in [0.15, 0.2) is 5.65 Å². The Kier molecular flexibility index (Phi) is 4.06. The Bertz CT molecular complexity index is 620. The number of hydrogen-bond donors (Lipinski definition) is 0. The molecule has 0 saturated carbocycles. The third-order valence-electron chi connectivity index (χ3n) is 3.34. The van der Waals surface area contributed by atoms with Crippen LogP contribution in [0.25, 0.3) is 5.65 Å². The van der Waals surface area contributed by atoms with Gasteiger partial charge in [-0.05, 0) is 31.4 Å². The van der Waals surface area contributed by atoms with Crippen LogP contribution in [0.3, 0.4) is 0 Å². The van der Waals surface area contributed by atoms with Crippen molar-refractivity contribution >= 4 is 11.5 Å². The lowest BCUT2D eigenvalue weighted by Crippen LogP contribution is -2.31. The van der Waals surface area contributed by atoms with E-state index in [9.17, 15) is 13.2 Å². The molecule has 0 aliphatic heterocycles. The summed E-state index contributed by atoms with van der Waals surface area (Å²) < 4.78 is 39.3. The van der Waals surface area contributed by atoms with E-state index < -0.39 is 12.0 Å². The molecule has 1 atom stereocenters. The van der Waals surface area contributed by atoms with Crippen LogP contribution in [-0.2, 0) is 6.18 Å². The monoisotopic (exact) mass is 301 g/mol. The highest BCUT2D eigenvalue weighted by molar-refractivity contribution is 5.46. The number of rotatable bonds is 4. The number of anilines is 1. The van der Waals surface area contributed by atoms with Crippen molar-refractivity contribution in [3.05, 3.63) is 18.0 Å². The molecule has 21 heavy (non-hydrogen) atoms. The van der Waals surface area contributed by atoms with Crippen LogP contribution in [0, 0.1) is 5.92 Å². The molecule has 5 nitrogen and oxygen atoms in total. The lowest BCUT2D eigenvalue weighted by atomic mass is 10.0. The smallest absolute Gasteiger partial charge is 0.356 e. The first-order valence-corrected chi connectivity index (χ1v) is 6.72. The van der Waals surface area contributed by atoms with Crippen molar-refractivity contribution in [2.45, 2.75) is 39.4 Å². The summed E-state index contributed by atoms with van der Waals surface area (Å²) in [7, 11) is 1.82. The number of hydrogen-bond acceptors (Lipinski definition) is 4. The first-order chi connectivity index (χ1) is 9.70. The fraction of sp³-hybridized carbons (Fsp3) is 0.615. The highest BCUT2D eigenvalue weighted by Crippen LogP contribution is 2.28. The van der Waals surface area contributed by atoms with Gasteiger partial charge in [-0.3, -0.25) is 0 Å². The molecule has 0 bridgehead atoms. The summed E-state index contributed by atoms with van der Waals surface area (Å²) in [6.07, 6.45) is -3.66. The maximum atomic E-state index is 12.8. The summed E-state index contributed by atoms with van der Waals surface area (Å²) in [4.78, 5) is 1.86. The van der Waals surface area contributed by atoms with Crippen LogP contribution >= 0.6 is 0 Å². The highest BCUT2D eigenvalue weighted by atomic mass is 19.4. The third kappa shape index (κ3) is 3.25. The molecule has 0 saturated heterocycles. The largest absolute Gasteiger partial charge is 0.453 e. The third-order valence-corrected chi connectivity index (χ3v) is 3.34. The Balaban J connectivity index is 2.38. The molecule has 0 N–H and O–H groups in total. The van der Waals surface area contributed by atoms with E-state index in [1.54, 1.807) is 6.07 Å². The van der Waals surface area contributed by atoms with E-state index in [1.807, 2.05) is 18.9 Å². The SMILES string of the molecule is CC(C)C[C@H](C)N(C)c1ccc2nnc(C(F)(F)F)n2n1. The van der Waals surface area contributed by atoms with E-state index in [-0.39, 0.29) is 11.7 Å². The van der Waals surface area contributed by atoms with Crippen LogP contribution in [0.5, 0.6) is 0 Å². The zero-order valence-electron chi connectivity index (χ0n) is 12.4. The molecule has 0 aliphatic rings. The minimum absolute atomic E-state index is 0.0796.